The fraction of sp³-hybridized carbons (Fsp3) is 0.538. The smallest absolute Gasteiger partial charge is 0.142 e. The highest BCUT2D eigenvalue weighted by Crippen LogP contribution is 2.15. The average molecular weight is 273 g/mol. The first-order valence-electron chi connectivity index (χ1n) is 6.20. The molecule has 0 aliphatic carbocycles. The van der Waals surface area contributed by atoms with Crippen molar-refractivity contribution in [1.29, 1.82) is 0 Å². The van der Waals surface area contributed by atoms with E-state index < -0.39 is 0 Å². The van der Waals surface area contributed by atoms with Gasteiger partial charge in [0.2, 0.25) is 0 Å². The lowest BCUT2D eigenvalue weighted by Gasteiger charge is -2.26. The van der Waals surface area contributed by atoms with Gasteiger partial charge >= 0.3 is 0 Å². The van der Waals surface area contributed by atoms with E-state index in [9.17, 15) is 4.39 Å². The zero-order valence-corrected chi connectivity index (χ0v) is 11.0. The molecule has 2 rings (SSSR count). The summed E-state index contributed by atoms with van der Waals surface area (Å²) in [4.78, 5) is 2.36. The maximum Gasteiger partial charge on any atom is 0.142 e. The standard InChI is InChI=1S/C13H18ClFN2O/c14-12-2-1-11(9-13(12)15)10-16-3-4-17-5-7-18-8-6-17/h1-2,9,16H,3-8,10H2. The minimum Gasteiger partial charge on any atom is -0.379 e. The molecule has 5 heteroatoms. The van der Waals surface area contributed by atoms with Gasteiger partial charge in [0.1, 0.15) is 5.82 Å². The van der Waals surface area contributed by atoms with E-state index in [0.29, 0.717) is 6.54 Å². The minimum absolute atomic E-state index is 0.173. The molecule has 18 heavy (non-hydrogen) atoms. The number of nitrogens with zero attached hydrogens (tertiary/aromatic N) is 1. The summed E-state index contributed by atoms with van der Waals surface area (Å²) in [7, 11) is 0. The van der Waals surface area contributed by atoms with Gasteiger partial charge in [-0.1, -0.05) is 17.7 Å². The Morgan fingerprint density at radius 3 is 2.83 bits per heavy atom. The molecule has 1 aliphatic heterocycles. The van der Waals surface area contributed by atoms with Gasteiger partial charge in [0, 0.05) is 32.7 Å². The van der Waals surface area contributed by atoms with E-state index in [1.165, 1.54) is 6.07 Å². The molecule has 1 heterocycles. The number of ether oxygens (including phenoxy) is 1. The van der Waals surface area contributed by atoms with Gasteiger partial charge in [-0.15, -0.1) is 0 Å². The molecule has 1 aromatic rings. The van der Waals surface area contributed by atoms with Crippen molar-refractivity contribution in [2.45, 2.75) is 6.54 Å². The first-order chi connectivity index (χ1) is 8.75. The topological polar surface area (TPSA) is 24.5 Å². The van der Waals surface area contributed by atoms with E-state index in [-0.39, 0.29) is 10.8 Å². The number of halogens is 2. The molecule has 1 saturated heterocycles. The fourth-order valence-corrected chi connectivity index (χ4v) is 2.06. The Morgan fingerprint density at radius 2 is 2.11 bits per heavy atom. The maximum atomic E-state index is 13.2. The Hall–Kier alpha value is -0.680. The third-order valence-corrected chi connectivity index (χ3v) is 3.33. The zero-order chi connectivity index (χ0) is 12.8. The highest BCUT2D eigenvalue weighted by molar-refractivity contribution is 6.30. The Morgan fingerprint density at radius 1 is 1.33 bits per heavy atom. The molecule has 1 aliphatic rings. The van der Waals surface area contributed by atoms with Gasteiger partial charge in [0.25, 0.3) is 0 Å². The Kier molecular flexibility index (Phi) is 5.38. The first-order valence-corrected chi connectivity index (χ1v) is 6.58. The van der Waals surface area contributed by atoms with Crippen molar-refractivity contribution in [2.75, 3.05) is 39.4 Å². The van der Waals surface area contributed by atoms with E-state index in [0.717, 1.165) is 45.0 Å². The summed E-state index contributed by atoms with van der Waals surface area (Å²) in [5.74, 6) is -0.357. The van der Waals surface area contributed by atoms with Crippen LogP contribution in [0.5, 0.6) is 0 Å². The van der Waals surface area contributed by atoms with Gasteiger partial charge in [-0.3, -0.25) is 4.90 Å². The van der Waals surface area contributed by atoms with E-state index in [2.05, 4.69) is 10.2 Å². The SMILES string of the molecule is Fc1cc(CNCCN2CCOCC2)ccc1Cl. The number of nitrogens with one attached hydrogen (secondary N) is 1. The molecular formula is C13H18ClFN2O. The summed E-state index contributed by atoms with van der Waals surface area (Å²) >= 11 is 5.63. The first kappa shape index (κ1) is 13.7. The second-order valence-electron chi connectivity index (χ2n) is 4.38. The lowest BCUT2D eigenvalue weighted by molar-refractivity contribution is 0.0384. The molecule has 0 bridgehead atoms. The minimum atomic E-state index is -0.357. The molecular weight excluding hydrogens is 255 g/mol. The number of benzene rings is 1. The average Bonchev–Trinajstić information content (AvgIpc) is 2.40. The van der Waals surface area contributed by atoms with Gasteiger partial charge in [-0.25, -0.2) is 4.39 Å². The predicted molar refractivity (Wildman–Crippen MR) is 70.4 cm³/mol. The van der Waals surface area contributed by atoms with Crippen LogP contribution in [0.3, 0.4) is 0 Å². The third-order valence-electron chi connectivity index (χ3n) is 3.02. The van der Waals surface area contributed by atoms with Crippen molar-refractivity contribution in [3.63, 3.8) is 0 Å². The van der Waals surface area contributed by atoms with Gasteiger partial charge < -0.3 is 10.1 Å². The van der Waals surface area contributed by atoms with Crippen LogP contribution >= 0.6 is 11.6 Å². The molecule has 0 radical (unpaired) electrons. The molecule has 100 valence electrons. The molecule has 0 saturated carbocycles. The molecule has 0 aromatic heterocycles. The Bertz CT molecular complexity index is 383. The van der Waals surface area contributed by atoms with Gasteiger partial charge in [0.05, 0.1) is 18.2 Å². The molecule has 0 amide bonds. The normalized spacial score (nSPS) is 17.0. The summed E-state index contributed by atoms with van der Waals surface area (Å²) in [5.41, 5.74) is 0.916. The summed E-state index contributed by atoms with van der Waals surface area (Å²) in [6.45, 7) is 6.20. The molecule has 3 nitrogen and oxygen atoms in total. The highest BCUT2D eigenvalue weighted by Gasteiger charge is 2.09. The lowest BCUT2D eigenvalue weighted by atomic mass is 10.2. The van der Waals surface area contributed by atoms with Crippen molar-refractivity contribution in [2.24, 2.45) is 0 Å². The zero-order valence-electron chi connectivity index (χ0n) is 10.3. The molecule has 0 spiro atoms. The Balaban J connectivity index is 1.66. The van der Waals surface area contributed by atoms with Gasteiger partial charge in [0.15, 0.2) is 0 Å². The summed E-state index contributed by atoms with van der Waals surface area (Å²) in [6.07, 6.45) is 0. The van der Waals surface area contributed by atoms with Crippen molar-refractivity contribution in [3.05, 3.63) is 34.6 Å². The van der Waals surface area contributed by atoms with Crippen LogP contribution in [0.25, 0.3) is 0 Å². The van der Waals surface area contributed by atoms with Gasteiger partial charge in [-0.05, 0) is 17.7 Å². The van der Waals surface area contributed by atoms with Crippen LogP contribution in [0.1, 0.15) is 5.56 Å². The molecule has 1 N–H and O–H groups in total. The van der Waals surface area contributed by atoms with E-state index in [1.54, 1.807) is 6.07 Å². The third kappa shape index (κ3) is 4.21. The van der Waals surface area contributed by atoms with E-state index in [1.807, 2.05) is 6.07 Å². The second-order valence-corrected chi connectivity index (χ2v) is 4.79. The van der Waals surface area contributed by atoms with Crippen molar-refractivity contribution >= 4 is 11.6 Å². The van der Waals surface area contributed by atoms with Crippen LogP contribution < -0.4 is 5.32 Å². The van der Waals surface area contributed by atoms with Crippen molar-refractivity contribution < 1.29 is 9.13 Å². The van der Waals surface area contributed by atoms with Crippen LogP contribution in [0, 0.1) is 5.82 Å². The monoisotopic (exact) mass is 272 g/mol. The van der Waals surface area contributed by atoms with Crippen LogP contribution in [-0.2, 0) is 11.3 Å². The van der Waals surface area contributed by atoms with Crippen LogP contribution in [0.15, 0.2) is 18.2 Å². The largest absolute Gasteiger partial charge is 0.379 e. The van der Waals surface area contributed by atoms with E-state index >= 15 is 0 Å². The van der Waals surface area contributed by atoms with Crippen LogP contribution in [0.2, 0.25) is 5.02 Å². The summed E-state index contributed by atoms with van der Waals surface area (Å²) < 4.78 is 18.5. The van der Waals surface area contributed by atoms with Crippen molar-refractivity contribution in [3.8, 4) is 0 Å². The molecule has 0 unspecified atom stereocenters. The Labute approximate surface area is 112 Å². The molecule has 1 aromatic carbocycles. The van der Waals surface area contributed by atoms with E-state index in [4.69, 9.17) is 16.3 Å². The summed E-state index contributed by atoms with van der Waals surface area (Å²) in [5, 5.41) is 3.48. The van der Waals surface area contributed by atoms with Crippen molar-refractivity contribution in [1.82, 2.24) is 10.2 Å². The van der Waals surface area contributed by atoms with Crippen LogP contribution in [-0.4, -0.2) is 44.3 Å². The highest BCUT2D eigenvalue weighted by atomic mass is 35.5. The number of rotatable bonds is 5. The molecule has 0 atom stereocenters. The summed E-state index contributed by atoms with van der Waals surface area (Å²) in [6, 6.07) is 4.91. The lowest BCUT2D eigenvalue weighted by Crippen LogP contribution is -2.40. The number of morpholine rings is 1. The number of hydrogen-bond acceptors (Lipinski definition) is 3. The predicted octanol–water partition coefficient (Wildman–Crippen LogP) is 1.90. The number of hydrogen-bond donors (Lipinski definition) is 1. The van der Waals surface area contributed by atoms with Gasteiger partial charge in [-0.2, -0.15) is 0 Å². The second kappa shape index (κ2) is 7.04. The quantitative estimate of drug-likeness (QED) is 0.829. The van der Waals surface area contributed by atoms with Crippen LogP contribution in [0.4, 0.5) is 4.39 Å². The molecule has 1 fully saturated rings. The maximum absolute atomic E-state index is 13.2. The fourth-order valence-electron chi connectivity index (χ4n) is 1.94.